The molecule has 1 aliphatic rings. The molecule has 68 valence electrons. The highest BCUT2D eigenvalue weighted by Crippen LogP contribution is 2.41. The second-order valence-electron chi connectivity index (χ2n) is 3.50. The van der Waals surface area contributed by atoms with Gasteiger partial charge in [0, 0.05) is 11.2 Å². The van der Waals surface area contributed by atoms with Gasteiger partial charge >= 0.3 is 7.12 Å². The third-order valence-corrected chi connectivity index (χ3v) is 2.47. The topological polar surface area (TPSA) is 66.5 Å². The van der Waals surface area contributed by atoms with E-state index >= 15 is 0 Å². The van der Waals surface area contributed by atoms with Crippen LogP contribution >= 0.6 is 0 Å². The highest BCUT2D eigenvalue weighted by molar-refractivity contribution is 6.60. The quantitative estimate of drug-likeness (QED) is 0.433. The smallest absolute Gasteiger partial charge is 0.423 e. The Morgan fingerprint density at radius 1 is 1.31 bits per heavy atom. The molecule has 0 spiro atoms. The number of anilines is 1. The van der Waals surface area contributed by atoms with Gasteiger partial charge in [-0.1, -0.05) is 18.2 Å². The summed E-state index contributed by atoms with van der Waals surface area (Å²) in [6.45, 7) is 0. The van der Waals surface area contributed by atoms with Crippen LogP contribution in [0.4, 0.5) is 5.69 Å². The molecule has 4 N–H and O–H groups in total. The van der Waals surface area contributed by atoms with E-state index in [0.717, 1.165) is 18.4 Å². The Kier molecular flexibility index (Phi) is 2.02. The molecule has 0 aliphatic heterocycles. The zero-order chi connectivity index (χ0) is 9.42. The number of rotatable bonds is 2. The summed E-state index contributed by atoms with van der Waals surface area (Å²) in [4.78, 5) is 0. The van der Waals surface area contributed by atoms with Crippen LogP contribution in [0.15, 0.2) is 18.2 Å². The van der Waals surface area contributed by atoms with Crippen molar-refractivity contribution in [3.8, 4) is 0 Å². The van der Waals surface area contributed by atoms with Gasteiger partial charge in [0.1, 0.15) is 0 Å². The Morgan fingerprint density at radius 3 is 2.54 bits per heavy atom. The van der Waals surface area contributed by atoms with Crippen molar-refractivity contribution in [2.75, 3.05) is 5.73 Å². The second-order valence-corrected chi connectivity index (χ2v) is 3.50. The van der Waals surface area contributed by atoms with Crippen LogP contribution in [-0.4, -0.2) is 17.2 Å². The van der Waals surface area contributed by atoms with Gasteiger partial charge in [0.25, 0.3) is 0 Å². The summed E-state index contributed by atoms with van der Waals surface area (Å²) >= 11 is 0. The molecule has 0 unspecified atom stereocenters. The number of nitrogen functional groups attached to an aromatic ring is 1. The van der Waals surface area contributed by atoms with E-state index in [9.17, 15) is 0 Å². The first-order chi connectivity index (χ1) is 6.20. The largest absolute Gasteiger partial charge is 0.490 e. The molecule has 3 nitrogen and oxygen atoms in total. The summed E-state index contributed by atoms with van der Waals surface area (Å²) in [5.41, 5.74) is 7.83. The van der Waals surface area contributed by atoms with Crippen LogP contribution in [0.5, 0.6) is 0 Å². The molecule has 0 bridgehead atoms. The molecule has 0 amide bonds. The lowest BCUT2D eigenvalue weighted by Gasteiger charge is -2.08. The summed E-state index contributed by atoms with van der Waals surface area (Å²) in [7, 11) is -1.46. The molecular formula is C9H12BNO2. The zero-order valence-electron chi connectivity index (χ0n) is 7.27. The Bertz CT molecular complexity index is 303. The summed E-state index contributed by atoms with van der Waals surface area (Å²) in [6, 6.07) is 5.42. The molecule has 1 fully saturated rings. The van der Waals surface area contributed by atoms with Crippen LogP contribution in [0.3, 0.4) is 0 Å². The monoisotopic (exact) mass is 177 g/mol. The Hall–Kier alpha value is -0.995. The average molecular weight is 177 g/mol. The van der Waals surface area contributed by atoms with Crippen LogP contribution in [-0.2, 0) is 0 Å². The van der Waals surface area contributed by atoms with E-state index in [1.165, 1.54) is 0 Å². The minimum absolute atomic E-state index is 0.421. The lowest BCUT2D eigenvalue weighted by Crippen LogP contribution is -2.32. The predicted molar refractivity (Wildman–Crippen MR) is 52.7 cm³/mol. The van der Waals surface area contributed by atoms with Crippen LogP contribution in [0.25, 0.3) is 0 Å². The summed E-state index contributed by atoms with van der Waals surface area (Å²) in [5.74, 6) is 0.540. The number of hydrogen-bond donors (Lipinski definition) is 3. The first-order valence-electron chi connectivity index (χ1n) is 4.44. The van der Waals surface area contributed by atoms with Crippen molar-refractivity contribution >= 4 is 18.3 Å². The van der Waals surface area contributed by atoms with Crippen molar-refractivity contribution in [2.24, 2.45) is 0 Å². The average Bonchev–Trinajstić information content (AvgIpc) is 2.87. The van der Waals surface area contributed by atoms with Crippen molar-refractivity contribution in [2.45, 2.75) is 18.8 Å². The molecule has 1 aliphatic carbocycles. The number of hydrogen-bond acceptors (Lipinski definition) is 3. The van der Waals surface area contributed by atoms with E-state index in [1.54, 1.807) is 6.07 Å². The van der Waals surface area contributed by atoms with Crippen LogP contribution < -0.4 is 11.2 Å². The van der Waals surface area contributed by atoms with Crippen molar-refractivity contribution in [1.29, 1.82) is 0 Å². The number of nitrogens with two attached hydrogens (primary N) is 1. The molecule has 0 radical (unpaired) electrons. The fraction of sp³-hybridized carbons (Fsp3) is 0.333. The van der Waals surface area contributed by atoms with Gasteiger partial charge < -0.3 is 15.8 Å². The molecule has 1 aromatic carbocycles. The third-order valence-electron chi connectivity index (χ3n) is 2.47. The Balaban J connectivity index is 2.41. The molecular weight excluding hydrogens is 165 g/mol. The Morgan fingerprint density at radius 2 is 2.00 bits per heavy atom. The van der Waals surface area contributed by atoms with Gasteiger partial charge in [-0.05, 0) is 24.3 Å². The molecule has 2 rings (SSSR count). The van der Waals surface area contributed by atoms with Crippen LogP contribution in [0.2, 0.25) is 0 Å². The van der Waals surface area contributed by atoms with E-state index in [1.807, 2.05) is 12.1 Å². The van der Waals surface area contributed by atoms with E-state index in [-0.39, 0.29) is 0 Å². The van der Waals surface area contributed by atoms with E-state index in [0.29, 0.717) is 17.1 Å². The van der Waals surface area contributed by atoms with E-state index in [2.05, 4.69) is 0 Å². The molecule has 0 aromatic heterocycles. The third kappa shape index (κ3) is 1.55. The van der Waals surface area contributed by atoms with E-state index in [4.69, 9.17) is 15.8 Å². The van der Waals surface area contributed by atoms with Gasteiger partial charge in [-0.3, -0.25) is 0 Å². The van der Waals surface area contributed by atoms with Gasteiger partial charge in [0.15, 0.2) is 0 Å². The maximum Gasteiger partial charge on any atom is 0.490 e. The fourth-order valence-corrected chi connectivity index (χ4v) is 1.58. The maximum atomic E-state index is 9.01. The van der Waals surface area contributed by atoms with Gasteiger partial charge in [-0.25, -0.2) is 0 Å². The van der Waals surface area contributed by atoms with Crippen LogP contribution in [0.1, 0.15) is 24.3 Å². The van der Waals surface area contributed by atoms with Crippen LogP contribution in [0, 0.1) is 0 Å². The molecule has 13 heavy (non-hydrogen) atoms. The van der Waals surface area contributed by atoms with Gasteiger partial charge in [0.05, 0.1) is 0 Å². The first kappa shape index (κ1) is 8.60. The van der Waals surface area contributed by atoms with Gasteiger partial charge in [0.2, 0.25) is 0 Å². The first-order valence-corrected chi connectivity index (χ1v) is 4.44. The molecule has 4 heteroatoms. The standard InChI is InChI=1S/C9H12BNO2/c11-9-7(6-4-5-6)2-1-3-8(9)10(12)13/h1-3,6,12-13H,4-5,11H2. The maximum absolute atomic E-state index is 9.01. The normalized spacial score (nSPS) is 15.8. The van der Waals surface area contributed by atoms with Gasteiger partial charge in [-0.15, -0.1) is 0 Å². The highest BCUT2D eigenvalue weighted by Gasteiger charge is 2.27. The number of para-hydroxylation sites is 1. The minimum atomic E-state index is -1.46. The lowest BCUT2D eigenvalue weighted by atomic mass is 9.77. The lowest BCUT2D eigenvalue weighted by molar-refractivity contribution is 0.426. The molecule has 1 aromatic rings. The second kappa shape index (κ2) is 3.05. The van der Waals surface area contributed by atoms with Crippen molar-refractivity contribution < 1.29 is 10.0 Å². The van der Waals surface area contributed by atoms with Gasteiger partial charge in [-0.2, -0.15) is 0 Å². The molecule has 0 atom stereocenters. The van der Waals surface area contributed by atoms with Crippen molar-refractivity contribution in [3.05, 3.63) is 23.8 Å². The molecule has 0 heterocycles. The highest BCUT2D eigenvalue weighted by atomic mass is 16.4. The number of benzene rings is 1. The summed E-state index contributed by atoms with van der Waals surface area (Å²) in [6.07, 6.45) is 2.32. The van der Waals surface area contributed by atoms with E-state index < -0.39 is 7.12 Å². The fourth-order valence-electron chi connectivity index (χ4n) is 1.58. The SMILES string of the molecule is Nc1c(B(O)O)cccc1C1CC1. The Labute approximate surface area is 77.3 Å². The summed E-state index contributed by atoms with van der Waals surface area (Å²) in [5, 5.41) is 18.0. The molecule has 0 saturated heterocycles. The summed E-state index contributed by atoms with van der Waals surface area (Å²) < 4.78 is 0. The zero-order valence-corrected chi connectivity index (χ0v) is 7.27. The molecule has 1 saturated carbocycles. The van der Waals surface area contributed by atoms with Crippen molar-refractivity contribution in [1.82, 2.24) is 0 Å². The van der Waals surface area contributed by atoms with Crippen molar-refractivity contribution in [3.63, 3.8) is 0 Å². The predicted octanol–water partition coefficient (Wildman–Crippen LogP) is -0.174. The minimum Gasteiger partial charge on any atom is -0.423 e.